The van der Waals surface area contributed by atoms with Crippen molar-refractivity contribution in [1.82, 2.24) is 4.98 Å². The summed E-state index contributed by atoms with van der Waals surface area (Å²) in [5, 5.41) is 2.12. The average molecular weight is 353 g/mol. The number of rotatable bonds is 4. The molecule has 0 spiro atoms. The van der Waals surface area contributed by atoms with Gasteiger partial charge in [0.25, 0.3) is 10.0 Å². The largest absolute Gasteiger partial charge is 1.00 e. The average Bonchev–Trinajstić information content (AvgIpc) is 2.96. The van der Waals surface area contributed by atoms with E-state index in [9.17, 15) is 8.42 Å². The second kappa shape index (κ2) is 7.46. The maximum Gasteiger partial charge on any atom is 1.00 e. The minimum Gasteiger partial charge on any atom is -0.699 e. The summed E-state index contributed by atoms with van der Waals surface area (Å²) in [4.78, 5) is 4.41. The van der Waals surface area contributed by atoms with Crippen LogP contribution in [-0.4, -0.2) is 13.4 Å². The molecule has 0 atom stereocenters. The number of nitrogens with one attached hydrogen (secondary N) is 2. The fourth-order valence-corrected chi connectivity index (χ4v) is 3.84. The molecular weight excluding hydrogens is 341 g/mol. The molecule has 0 fully saturated rings. The first kappa shape index (κ1) is 18.0. The fourth-order valence-electron chi connectivity index (χ4n) is 1.87. The second-order valence-electron chi connectivity index (χ2n) is 4.53. The van der Waals surface area contributed by atoms with Gasteiger partial charge in [-0.25, -0.2) is 13.4 Å². The fraction of sp³-hybridized carbons (Fsp3) is 0. The van der Waals surface area contributed by atoms with Gasteiger partial charge in [0, 0.05) is 10.9 Å². The molecule has 23 heavy (non-hydrogen) atoms. The molecule has 2 aromatic carbocycles. The van der Waals surface area contributed by atoms with Crippen LogP contribution in [0.2, 0.25) is 0 Å². The van der Waals surface area contributed by atoms with Gasteiger partial charge in [-0.1, -0.05) is 42.5 Å². The number of hydrogen-bond acceptors (Lipinski definition) is 4. The topological polar surface area (TPSA) is 82.9 Å². The van der Waals surface area contributed by atoms with Gasteiger partial charge < -0.3 is 5.73 Å². The molecule has 0 aliphatic carbocycles. The van der Waals surface area contributed by atoms with E-state index in [4.69, 9.17) is 5.73 Å². The van der Waals surface area contributed by atoms with Crippen LogP contribution < -0.4 is 34.3 Å². The Kier molecular flexibility index (Phi) is 5.83. The Morgan fingerprint density at radius 2 is 1.65 bits per heavy atom. The smallest absolute Gasteiger partial charge is 0.699 e. The summed E-state index contributed by atoms with van der Waals surface area (Å²) in [6.45, 7) is 0. The van der Waals surface area contributed by atoms with E-state index in [-0.39, 0.29) is 40.1 Å². The minimum atomic E-state index is -3.68. The van der Waals surface area contributed by atoms with E-state index in [0.29, 0.717) is 5.13 Å². The summed E-state index contributed by atoms with van der Waals surface area (Å²) in [5.41, 5.74) is 9.31. The van der Waals surface area contributed by atoms with Crippen LogP contribution in [-0.2, 0) is 10.0 Å². The van der Waals surface area contributed by atoms with Crippen molar-refractivity contribution in [3.05, 3.63) is 65.7 Å². The Labute approximate surface area is 160 Å². The van der Waals surface area contributed by atoms with Crippen LogP contribution in [0.25, 0.3) is 17.0 Å². The Hall–Kier alpha value is -1.38. The number of sulfonamides is 1. The molecule has 8 heteroatoms. The predicted octanol–water partition coefficient (Wildman–Crippen LogP) is 1.30. The Morgan fingerprint density at radius 3 is 2.30 bits per heavy atom. The molecule has 0 saturated carbocycles. The van der Waals surface area contributed by atoms with E-state index < -0.39 is 10.0 Å². The van der Waals surface area contributed by atoms with Crippen LogP contribution in [0.15, 0.2) is 64.9 Å². The number of thiazole rings is 1. The van der Waals surface area contributed by atoms with Gasteiger partial charge >= 0.3 is 29.6 Å². The molecule has 3 rings (SSSR count). The van der Waals surface area contributed by atoms with Gasteiger partial charge in [0.2, 0.25) is 0 Å². The van der Waals surface area contributed by atoms with E-state index in [1.54, 1.807) is 5.38 Å². The summed E-state index contributed by atoms with van der Waals surface area (Å²) >= 11 is 1.23. The first-order valence-electron chi connectivity index (χ1n) is 6.40. The van der Waals surface area contributed by atoms with Gasteiger partial charge in [0.05, 0.1) is 10.6 Å². The van der Waals surface area contributed by atoms with E-state index in [0.717, 1.165) is 11.3 Å². The Bertz CT molecular complexity index is 879. The molecule has 0 aliphatic heterocycles. The summed E-state index contributed by atoms with van der Waals surface area (Å²) in [7, 11) is -3.68. The molecule has 0 amide bonds. The standard InChI is InChI=1S/C15H12N3O2S2.Na/c16-12-6-8-13(9-7-12)22(19,20)18-15-17-14(10-21-15)11-4-2-1-3-5-11;/h1-10,16H,(H,17,18);/q-1;+1. The molecule has 0 unspecified atom stereocenters. The van der Waals surface area contributed by atoms with Crippen LogP contribution >= 0.6 is 11.3 Å². The number of nitrogens with zero attached hydrogens (tertiary/aromatic N) is 1. The first-order valence-corrected chi connectivity index (χ1v) is 8.76. The van der Waals surface area contributed by atoms with Crippen molar-refractivity contribution >= 4 is 32.2 Å². The van der Waals surface area contributed by atoms with Crippen molar-refractivity contribution in [1.29, 1.82) is 0 Å². The maximum atomic E-state index is 12.3. The van der Waals surface area contributed by atoms with E-state index in [1.807, 2.05) is 30.3 Å². The Morgan fingerprint density at radius 1 is 1.00 bits per heavy atom. The van der Waals surface area contributed by atoms with Crippen molar-refractivity contribution < 1.29 is 38.0 Å². The van der Waals surface area contributed by atoms with Gasteiger partial charge in [0.1, 0.15) is 0 Å². The number of hydrogen-bond donors (Lipinski definition) is 1. The van der Waals surface area contributed by atoms with Crippen molar-refractivity contribution in [2.24, 2.45) is 0 Å². The summed E-state index contributed by atoms with van der Waals surface area (Å²) in [6.07, 6.45) is 0. The summed E-state index contributed by atoms with van der Waals surface area (Å²) in [6, 6.07) is 15.2. The minimum absolute atomic E-state index is 0. The zero-order valence-electron chi connectivity index (χ0n) is 12.4. The molecule has 1 heterocycles. The zero-order chi connectivity index (χ0) is 15.6. The van der Waals surface area contributed by atoms with Crippen LogP contribution in [0.4, 0.5) is 10.8 Å². The van der Waals surface area contributed by atoms with Crippen LogP contribution in [0, 0.1) is 0 Å². The number of anilines is 1. The normalized spacial score (nSPS) is 10.8. The van der Waals surface area contributed by atoms with Crippen molar-refractivity contribution in [3.8, 4) is 11.3 Å². The summed E-state index contributed by atoms with van der Waals surface area (Å²) in [5.74, 6) is 0. The van der Waals surface area contributed by atoms with Gasteiger partial charge in [-0.15, -0.1) is 17.0 Å². The molecule has 112 valence electrons. The van der Waals surface area contributed by atoms with E-state index in [1.165, 1.54) is 35.6 Å². The second-order valence-corrected chi connectivity index (χ2v) is 7.07. The van der Waals surface area contributed by atoms with Gasteiger partial charge in [0.15, 0.2) is 5.13 Å². The Balaban J connectivity index is 0.00000192. The number of benzene rings is 2. The third-order valence-corrected chi connectivity index (χ3v) is 5.20. The summed E-state index contributed by atoms with van der Waals surface area (Å²) < 4.78 is 27.0. The molecule has 5 nitrogen and oxygen atoms in total. The van der Waals surface area contributed by atoms with Gasteiger partial charge in [-0.2, -0.15) is 0 Å². The molecule has 2 N–H and O–H groups in total. The quantitative estimate of drug-likeness (QED) is 0.718. The molecule has 3 aromatic rings. The van der Waals surface area contributed by atoms with Crippen molar-refractivity contribution in [3.63, 3.8) is 0 Å². The van der Waals surface area contributed by atoms with Gasteiger partial charge in [-0.05, 0) is 12.1 Å². The van der Waals surface area contributed by atoms with E-state index in [2.05, 4.69) is 9.71 Å². The molecule has 0 aliphatic rings. The SMILES string of the molecule is [NH-]c1ccc(S(=O)(=O)Nc2nc(-c3ccccc3)cs2)cc1.[Na+]. The molecule has 1 aromatic heterocycles. The number of aromatic nitrogens is 1. The maximum absolute atomic E-state index is 12.3. The predicted molar refractivity (Wildman–Crippen MR) is 88.8 cm³/mol. The van der Waals surface area contributed by atoms with Crippen LogP contribution in [0.1, 0.15) is 0 Å². The van der Waals surface area contributed by atoms with Crippen molar-refractivity contribution in [2.45, 2.75) is 4.90 Å². The first-order chi connectivity index (χ1) is 10.5. The molecular formula is C15H12N3NaO2S2. The molecule has 0 bridgehead atoms. The zero-order valence-corrected chi connectivity index (χ0v) is 16.0. The third kappa shape index (κ3) is 4.33. The van der Waals surface area contributed by atoms with Crippen LogP contribution in [0.5, 0.6) is 0 Å². The monoisotopic (exact) mass is 353 g/mol. The van der Waals surface area contributed by atoms with Crippen molar-refractivity contribution in [2.75, 3.05) is 4.72 Å². The molecule has 0 saturated heterocycles. The molecule has 0 radical (unpaired) electrons. The van der Waals surface area contributed by atoms with E-state index >= 15 is 0 Å². The van der Waals surface area contributed by atoms with Crippen LogP contribution in [0.3, 0.4) is 0 Å². The third-order valence-electron chi connectivity index (χ3n) is 2.96. The van der Waals surface area contributed by atoms with Gasteiger partial charge in [-0.3, -0.25) is 4.72 Å².